The van der Waals surface area contributed by atoms with Crippen LogP contribution in [0, 0.1) is 0 Å². The highest BCUT2D eigenvalue weighted by atomic mass is 16.5. The van der Waals surface area contributed by atoms with Gasteiger partial charge in [-0.05, 0) is 18.1 Å². The Balaban J connectivity index is 2.36. The first kappa shape index (κ1) is 7.56. The van der Waals surface area contributed by atoms with E-state index in [2.05, 4.69) is 30.3 Å². The topological polar surface area (TPSA) is 9.23 Å². The molecular weight excluding hydrogens is 148 g/mol. The van der Waals surface area contributed by atoms with Crippen molar-refractivity contribution in [2.24, 2.45) is 0 Å². The van der Waals surface area contributed by atoms with Gasteiger partial charge in [0.15, 0.2) is 0 Å². The number of hydrogen-bond acceptors (Lipinski definition) is 1. The van der Waals surface area contributed by atoms with E-state index >= 15 is 0 Å². The van der Waals surface area contributed by atoms with Crippen LogP contribution >= 0.6 is 0 Å². The van der Waals surface area contributed by atoms with Crippen molar-refractivity contribution in [1.82, 2.24) is 0 Å². The molecule has 1 unspecified atom stereocenters. The Labute approximate surface area is 72.7 Å². The molecule has 0 bridgehead atoms. The Hall–Kier alpha value is -1.08. The van der Waals surface area contributed by atoms with Gasteiger partial charge in [-0.3, -0.25) is 0 Å². The molecule has 1 heteroatoms. The third kappa shape index (κ3) is 1.16. The normalized spacial score (nSPS) is 21.6. The van der Waals surface area contributed by atoms with Crippen LogP contribution in [-0.2, 0) is 11.3 Å². The molecule has 0 aliphatic carbocycles. The summed E-state index contributed by atoms with van der Waals surface area (Å²) in [5.41, 5.74) is 2.64. The molecule has 0 aromatic heterocycles. The molecular formula is C11H12O. The summed E-state index contributed by atoms with van der Waals surface area (Å²) in [5, 5.41) is 0. The molecule has 0 N–H and O–H groups in total. The molecule has 1 aliphatic heterocycles. The van der Waals surface area contributed by atoms with Crippen LogP contribution in [0.2, 0.25) is 0 Å². The second-order valence-corrected chi connectivity index (χ2v) is 2.96. The van der Waals surface area contributed by atoms with Gasteiger partial charge in [-0.15, -0.1) is 0 Å². The zero-order chi connectivity index (χ0) is 8.39. The maximum atomic E-state index is 5.58. The van der Waals surface area contributed by atoms with Crippen LogP contribution in [-0.4, -0.2) is 0 Å². The fraction of sp³-hybridized carbons (Fsp3) is 0.273. The van der Waals surface area contributed by atoms with Gasteiger partial charge < -0.3 is 4.74 Å². The first-order valence-corrected chi connectivity index (χ1v) is 4.24. The highest BCUT2D eigenvalue weighted by Gasteiger charge is 2.19. The van der Waals surface area contributed by atoms with Crippen LogP contribution in [0.5, 0.6) is 0 Å². The summed E-state index contributed by atoms with van der Waals surface area (Å²) in [5.74, 6) is 0. The van der Waals surface area contributed by atoms with Gasteiger partial charge in [0.05, 0.1) is 6.61 Å². The predicted octanol–water partition coefficient (Wildman–Crippen LogP) is 2.83. The molecule has 0 radical (unpaired) electrons. The molecule has 0 saturated heterocycles. The molecule has 2 rings (SSSR count). The number of benzene rings is 1. The molecule has 62 valence electrons. The van der Waals surface area contributed by atoms with Gasteiger partial charge in [0.25, 0.3) is 0 Å². The standard InChI is InChI=1S/C11H12O/c1-2-5-11-10-7-4-3-6-9(10)8-12-11/h2-7,11H,8H2,1H3. The first-order chi connectivity index (χ1) is 5.92. The summed E-state index contributed by atoms with van der Waals surface area (Å²) in [6, 6.07) is 8.37. The molecule has 0 saturated carbocycles. The lowest BCUT2D eigenvalue weighted by Gasteiger charge is -2.03. The van der Waals surface area contributed by atoms with Gasteiger partial charge in [-0.1, -0.05) is 36.4 Å². The first-order valence-electron chi connectivity index (χ1n) is 4.24. The van der Waals surface area contributed by atoms with Gasteiger partial charge >= 0.3 is 0 Å². The Morgan fingerprint density at radius 2 is 2.25 bits per heavy atom. The third-order valence-corrected chi connectivity index (χ3v) is 2.15. The summed E-state index contributed by atoms with van der Waals surface area (Å²) < 4.78 is 5.58. The molecule has 1 aromatic carbocycles. The van der Waals surface area contributed by atoms with E-state index in [4.69, 9.17) is 4.74 Å². The summed E-state index contributed by atoms with van der Waals surface area (Å²) in [4.78, 5) is 0. The van der Waals surface area contributed by atoms with Crippen molar-refractivity contribution in [1.29, 1.82) is 0 Å². The van der Waals surface area contributed by atoms with Gasteiger partial charge in [0.1, 0.15) is 6.10 Å². The lowest BCUT2D eigenvalue weighted by Crippen LogP contribution is -1.89. The van der Waals surface area contributed by atoms with Gasteiger partial charge in [0.2, 0.25) is 0 Å². The van der Waals surface area contributed by atoms with Crippen molar-refractivity contribution < 1.29 is 4.74 Å². The third-order valence-electron chi connectivity index (χ3n) is 2.15. The van der Waals surface area contributed by atoms with Crippen LogP contribution in [0.4, 0.5) is 0 Å². The SMILES string of the molecule is CC=CC1OCc2ccccc21. The van der Waals surface area contributed by atoms with Crippen molar-refractivity contribution in [2.45, 2.75) is 19.6 Å². The van der Waals surface area contributed by atoms with E-state index in [1.807, 2.05) is 13.0 Å². The Bertz CT molecular complexity index is 302. The molecule has 1 aliphatic rings. The van der Waals surface area contributed by atoms with E-state index < -0.39 is 0 Å². The number of allylic oxidation sites excluding steroid dienone is 1. The van der Waals surface area contributed by atoms with Crippen molar-refractivity contribution >= 4 is 0 Å². The average molecular weight is 160 g/mol. The summed E-state index contributed by atoms with van der Waals surface area (Å²) in [7, 11) is 0. The smallest absolute Gasteiger partial charge is 0.101 e. The number of ether oxygens (including phenoxy) is 1. The van der Waals surface area contributed by atoms with Gasteiger partial charge in [0, 0.05) is 0 Å². The molecule has 1 heterocycles. The van der Waals surface area contributed by atoms with E-state index in [-0.39, 0.29) is 6.10 Å². The van der Waals surface area contributed by atoms with Crippen molar-refractivity contribution in [3.05, 3.63) is 47.5 Å². The second-order valence-electron chi connectivity index (χ2n) is 2.96. The van der Waals surface area contributed by atoms with Gasteiger partial charge in [-0.2, -0.15) is 0 Å². The maximum Gasteiger partial charge on any atom is 0.101 e. The van der Waals surface area contributed by atoms with Crippen LogP contribution in [0.1, 0.15) is 24.2 Å². The van der Waals surface area contributed by atoms with Crippen molar-refractivity contribution in [2.75, 3.05) is 0 Å². The highest BCUT2D eigenvalue weighted by molar-refractivity contribution is 5.33. The van der Waals surface area contributed by atoms with Crippen LogP contribution in [0.25, 0.3) is 0 Å². The van der Waals surface area contributed by atoms with Crippen LogP contribution in [0.3, 0.4) is 0 Å². The monoisotopic (exact) mass is 160 g/mol. The maximum absolute atomic E-state index is 5.58. The molecule has 1 nitrogen and oxygen atoms in total. The van der Waals surface area contributed by atoms with E-state index in [1.165, 1.54) is 11.1 Å². The summed E-state index contributed by atoms with van der Waals surface area (Å²) >= 11 is 0. The molecule has 0 amide bonds. The quantitative estimate of drug-likeness (QED) is 0.574. The lowest BCUT2D eigenvalue weighted by molar-refractivity contribution is 0.0990. The minimum Gasteiger partial charge on any atom is -0.365 e. The average Bonchev–Trinajstić information content (AvgIpc) is 2.50. The number of fused-ring (bicyclic) bond motifs is 1. The highest BCUT2D eigenvalue weighted by Crippen LogP contribution is 2.30. The fourth-order valence-corrected chi connectivity index (χ4v) is 1.55. The van der Waals surface area contributed by atoms with E-state index in [9.17, 15) is 0 Å². The second kappa shape index (κ2) is 3.11. The zero-order valence-corrected chi connectivity index (χ0v) is 7.16. The number of hydrogen-bond donors (Lipinski definition) is 0. The minimum atomic E-state index is 0.186. The van der Waals surface area contributed by atoms with E-state index in [0.717, 1.165) is 6.61 Å². The van der Waals surface area contributed by atoms with Crippen LogP contribution in [0.15, 0.2) is 36.4 Å². The summed E-state index contributed by atoms with van der Waals surface area (Å²) in [6.07, 6.45) is 4.31. The Morgan fingerprint density at radius 3 is 3.08 bits per heavy atom. The van der Waals surface area contributed by atoms with Crippen molar-refractivity contribution in [3.63, 3.8) is 0 Å². The molecule has 1 aromatic rings. The Kier molecular flexibility index (Phi) is 1.96. The fourth-order valence-electron chi connectivity index (χ4n) is 1.55. The zero-order valence-electron chi connectivity index (χ0n) is 7.16. The molecule has 0 fully saturated rings. The van der Waals surface area contributed by atoms with E-state index in [0.29, 0.717) is 0 Å². The molecule has 12 heavy (non-hydrogen) atoms. The predicted molar refractivity (Wildman–Crippen MR) is 48.8 cm³/mol. The van der Waals surface area contributed by atoms with Gasteiger partial charge in [-0.25, -0.2) is 0 Å². The largest absolute Gasteiger partial charge is 0.365 e. The number of rotatable bonds is 1. The lowest BCUT2D eigenvalue weighted by atomic mass is 10.1. The van der Waals surface area contributed by atoms with E-state index in [1.54, 1.807) is 0 Å². The minimum absolute atomic E-state index is 0.186. The van der Waals surface area contributed by atoms with Crippen molar-refractivity contribution in [3.8, 4) is 0 Å². The van der Waals surface area contributed by atoms with Crippen LogP contribution < -0.4 is 0 Å². The molecule has 0 spiro atoms. The Morgan fingerprint density at radius 1 is 1.42 bits per heavy atom. The summed E-state index contributed by atoms with van der Waals surface area (Å²) in [6.45, 7) is 2.77. The molecule has 1 atom stereocenters.